The Morgan fingerprint density at radius 3 is 2.91 bits per heavy atom. The summed E-state index contributed by atoms with van der Waals surface area (Å²) in [7, 11) is 0. The van der Waals surface area contributed by atoms with Gasteiger partial charge in [0.2, 0.25) is 5.91 Å². The Labute approximate surface area is 134 Å². The Kier molecular flexibility index (Phi) is 4.42. The van der Waals surface area contributed by atoms with Gasteiger partial charge in [-0.3, -0.25) is 9.69 Å². The van der Waals surface area contributed by atoms with Crippen molar-refractivity contribution in [1.82, 2.24) is 24.8 Å². The molecule has 1 aliphatic rings. The van der Waals surface area contributed by atoms with Gasteiger partial charge in [-0.2, -0.15) is 5.10 Å². The number of likely N-dealkylation sites (tertiary alicyclic amines) is 1. The summed E-state index contributed by atoms with van der Waals surface area (Å²) < 4.78 is 6.88. The number of anilines is 1. The van der Waals surface area contributed by atoms with Crippen LogP contribution in [0.15, 0.2) is 10.6 Å². The molecule has 1 amide bonds. The molecule has 2 aromatic heterocycles. The maximum absolute atomic E-state index is 12.2. The second-order valence-corrected chi connectivity index (χ2v) is 6.03. The number of amides is 1. The molecule has 0 unspecified atom stereocenters. The predicted octanol–water partition coefficient (Wildman–Crippen LogP) is 1.29. The third-order valence-corrected chi connectivity index (χ3v) is 4.09. The molecule has 1 atom stereocenters. The molecule has 0 aliphatic carbocycles. The molecule has 8 heteroatoms. The molecular weight excluding hydrogens is 296 g/mol. The molecule has 1 N–H and O–H groups in total. The SMILES string of the molecule is Cc1nc(C)n(C[C@@H]2CCCN2CC(=O)Nc2cc(C)on2)n1. The third-order valence-electron chi connectivity index (χ3n) is 4.09. The van der Waals surface area contributed by atoms with Gasteiger partial charge >= 0.3 is 0 Å². The molecule has 0 aromatic carbocycles. The quantitative estimate of drug-likeness (QED) is 0.893. The second kappa shape index (κ2) is 6.49. The van der Waals surface area contributed by atoms with Crippen LogP contribution in [0.1, 0.15) is 30.3 Å². The average Bonchev–Trinajstić information content (AvgIpc) is 3.15. The van der Waals surface area contributed by atoms with Crippen LogP contribution in [-0.2, 0) is 11.3 Å². The van der Waals surface area contributed by atoms with Crippen LogP contribution in [0.2, 0.25) is 0 Å². The summed E-state index contributed by atoms with van der Waals surface area (Å²) in [5.74, 6) is 2.77. The number of rotatable bonds is 5. The number of aryl methyl sites for hydroxylation is 3. The monoisotopic (exact) mass is 318 g/mol. The van der Waals surface area contributed by atoms with Crippen molar-refractivity contribution in [2.75, 3.05) is 18.4 Å². The Morgan fingerprint density at radius 2 is 2.26 bits per heavy atom. The van der Waals surface area contributed by atoms with Gasteiger partial charge in [-0.25, -0.2) is 9.67 Å². The van der Waals surface area contributed by atoms with Gasteiger partial charge in [-0.1, -0.05) is 5.16 Å². The van der Waals surface area contributed by atoms with Crippen LogP contribution in [0.5, 0.6) is 0 Å². The number of nitrogens with zero attached hydrogens (tertiary/aromatic N) is 5. The van der Waals surface area contributed by atoms with Crippen molar-refractivity contribution in [3.63, 3.8) is 0 Å². The van der Waals surface area contributed by atoms with E-state index in [-0.39, 0.29) is 5.91 Å². The van der Waals surface area contributed by atoms with Gasteiger partial charge in [0.25, 0.3) is 0 Å². The van der Waals surface area contributed by atoms with Crippen molar-refractivity contribution in [2.45, 2.75) is 46.2 Å². The Balaban J connectivity index is 1.58. The summed E-state index contributed by atoms with van der Waals surface area (Å²) in [6.45, 7) is 7.68. The first kappa shape index (κ1) is 15.7. The fraction of sp³-hybridized carbons (Fsp3) is 0.600. The topological polar surface area (TPSA) is 89.1 Å². The van der Waals surface area contributed by atoms with Crippen LogP contribution in [-0.4, -0.2) is 49.9 Å². The van der Waals surface area contributed by atoms with E-state index < -0.39 is 0 Å². The minimum atomic E-state index is -0.0725. The Morgan fingerprint density at radius 1 is 1.43 bits per heavy atom. The maximum Gasteiger partial charge on any atom is 0.239 e. The van der Waals surface area contributed by atoms with Crippen molar-refractivity contribution >= 4 is 11.7 Å². The lowest BCUT2D eigenvalue weighted by Gasteiger charge is -2.23. The summed E-state index contributed by atoms with van der Waals surface area (Å²) in [6.07, 6.45) is 2.16. The standard InChI is InChI=1S/C15H22N6O2/c1-10-7-14(19-23-10)17-15(22)9-20-6-4-5-13(20)8-21-12(3)16-11(2)18-21/h7,13H,4-6,8-9H2,1-3H3,(H,17,19,22)/t13-/m0/s1. The van der Waals surface area contributed by atoms with Crippen molar-refractivity contribution in [3.8, 4) is 0 Å². The summed E-state index contributed by atoms with van der Waals surface area (Å²) >= 11 is 0. The molecule has 1 fully saturated rings. The minimum absolute atomic E-state index is 0.0725. The number of hydrogen-bond acceptors (Lipinski definition) is 6. The molecule has 0 bridgehead atoms. The number of aromatic nitrogens is 4. The molecule has 23 heavy (non-hydrogen) atoms. The first-order chi connectivity index (χ1) is 11.0. The Hall–Kier alpha value is -2.22. The van der Waals surface area contributed by atoms with Crippen LogP contribution >= 0.6 is 0 Å². The van der Waals surface area contributed by atoms with Crippen molar-refractivity contribution < 1.29 is 9.32 Å². The van der Waals surface area contributed by atoms with E-state index in [0.29, 0.717) is 24.2 Å². The molecule has 0 spiro atoms. The molecule has 1 aliphatic heterocycles. The minimum Gasteiger partial charge on any atom is -0.360 e. The highest BCUT2D eigenvalue weighted by Gasteiger charge is 2.27. The second-order valence-electron chi connectivity index (χ2n) is 6.03. The zero-order valence-electron chi connectivity index (χ0n) is 13.7. The van der Waals surface area contributed by atoms with E-state index in [1.54, 1.807) is 13.0 Å². The summed E-state index contributed by atoms with van der Waals surface area (Å²) in [6, 6.07) is 2.01. The molecule has 2 aromatic rings. The highest BCUT2D eigenvalue weighted by atomic mass is 16.5. The van der Waals surface area contributed by atoms with E-state index in [0.717, 1.165) is 37.6 Å². The lowest BCUT2D eigenvalue weighted by molar-refractivity contribution is -0.117. The van der Waals surface area contributed by atoms with Crippen LogP contribution in [0.4, 0.5) is 5.82 Å². The molecule has 0 saturated carbocycles. The highest BCUT2D eigenvalue weighted by molar-refractivity contribution is 5.91. The molecule has 1 saturated heterocycles. The van der Waals surface area contributed by atoms with E-state index >= 15 is 0 Å². The fourth-order valence-electron chi connectivity index (χ4n) is 3.04. The predicted molar refractivity (Wildman–Crippen MR) is 84.0 cm³/mol. The molecule has 3 rings (SSSR count). The zero-order valence-corrected chi connectivity index (χ0v) is 13.7. The van der Waals surface area contributed by atoms with Gasteiger partial charge in [0.05, 0.1) is 13.1 Å². The first-order valence-corrected chi connectivity index (χ1v) is 7.86. The maximum atomic E-state index is 12.2. The third kappa shape index (κ3) is 3.76. The normalized spacial score (nSPS) is 18.5. The van der Waals surface area contributed by atoms with Gasteiger partial charge in [-0.05, 0) is 40.2 Å². The lowest BCUT2D eigenvalue weighted by Crippen LogP contribution is -2.39. The lowest BCUT2D eigenvalue weighted by atomic mass is 10.2. The Bertz CT molecular complexity index is 692. The van der Waals surface area contributed by atoms with Crippen LogP contribution in [0.25, 0.3) is 0 Å². The number of carbonyl (C=O) groups excluding carboxylic acids is 1. The molecule has 8 nitrogen and oxygen atoms in total. The van der Waals surface area contributed by atoms with Crippen molar-refractivity contribution in [1.29, 1.82) is 0 Å². The fourth-order valence-corrected chi connectivity index (χ4v) is 3.04. The van der Waals surface area contributed by atoms with Gasteiger partial charge in [0.15, 0.2) is 5.82 Å². The van der Waals surface area contributed by atoms with E-state index in [4.69, 9.17) is 4.52 Å². The van der Waals surface area contributed by atoms with Gasteiger partial charge in [0.1, 0.15) is 17.4 Å². The largest absolute Gasteiger partial charge is 0.360 e. The molecule has 0 radical (unpaired) electrons. The summed E-state index contributed by atoms with van der Waals surface area (Å²) in [4.78, 5) is 18.7. The highest BCUT2D eigenvalue weighted by Crippen LogP contribution is 2.19. The van der Waals surface area contributed by atoms with Gasteiger partial charge < -0.3 is 9.84 Å². The van der Waals surface area contributed by atoms with E-state index in [1.165, 1.54) is 0 Å². The van der Waals surface area contributed by atoms with E-state index in [9.17, 15) is 4.79 Å². The van der Waals surface area contributed by atoms with E-state index in [1.807, 2.05) is 18.5 Å². The smallest absolute Gasteiger partial charge is 0.239 e. The molecule has 124 valence electrons. The summed E-state index contributed by atoms with van der Waals surface area (Å²) in [5, 5.41) is 11.0. The number of carbonyl (C=O) groups is 1. The first-order valence-electron chi connectivity index (χ1n) is 7.86. The van der Waals surface area contributed by atoms with Crippen LogP contribution in [0.3, 0.4) is 0 Å². The van der Waals surface area contributed by atoms with Gasteiger partial charge in [0, 0.05) is 12.1 Å². The van der Waals surface area contributed by atoms with Gasteiger partial charge in [-0.15, -0.1) is 0 Å². The number of hydrogen-bond donors (Lipinski definition) is 1. The van der Waals surface area contributed by atoms with Crippen LogP contribution < -0.4 is 5.32 Å². The van der Waals surface area contributed by atoms with Crippen molar-refractivity contribution in [2.24, 2.45) is 0 Å². The average molecular weight is 318 g/mol. The molecular formula is C15H22N6O2. The molecule has 3 heterocycles. The van der Waals surface area contributed by atoms with E-state index in [2.05, 4.69) is 25.5 Å². The number of nitrogens with one attached hydrogen (secondary N) is 1. The van der Waals surface area contributed by atoms with Crippen LogP contribution in [0, 0.1) is 20.8 Å². The van der Waals surface area contributed by atoms with Crippen molar-refractivity contribution in [3.05, 3.63) is 23.5 Å². The zero-order chi connectivity index (χ0) is 16.4. The summed E-state index contributed by atoms with van der Waals surface area (Å²) in [5.41, 5.74) is 0.